The molecule has 2 unspecified atom stereocenters. The quantitative estimate of drug-likeness (QED) is 0.389. The van der Waals surface area contributed by atoms with Gasteiger partial charge in [0.2, 0.25) is 0 Å². The van der Waals surface area contributed by atoms with E-state index in [1.54, 1.807) is 34.9 Å². The fourth-order valence-corrected chi connectivity index (χ4v) is 1.65. The van der Waals surface area contributed by atoms with Crippen LogP contribution in [0.15, 0.2) is 17.1 Å². The molecule has 1 aliphatic rings. The number of allylic oxidation sites excluding steroid dienone is 1. The Bertz CT molecular complexity index is 114. The molecular weight excluding hydrogens is 172 g/mol. The summed E-state index contributed by atoms with van der Waals surface area (Å²) in [6.07, 6.45) is 5.25. The van der Waals surface area contributed by atoms with Gasteiger partial charge in [0.25, 0.3) is 0 Å². The van der Waals surface area contributed by atoms with Crippen molar-refractivity contribution in [1.29, 1.82) is 0 Å². The Balaban J connectivity index is 2.49. The van der Waals surface area contributed by atoms with Crippen LogP contribution in [0.25, 0.3) is 0 Å². The maximum absolute atomic E-state index is 4.99. The molecule has 0 amide bonds. The van der Waals surface area contributed by atoms with Gasteiger partial charge in [-0.15, -0.1) is 0 Å². The Morgan fingerprint density at radius 2 is 2.57 bits per heavy atom. The van der Waals surface area contributed by atoms with E-state index in [0.717, 1.165) is 0 Å². The molecule has 0 aliphatic carbocycles. The van der Waals surface area contributed by atoms with E-state index in [4.69, 9.17) is 4.52 Å². The van der Waals surface area contributed by atoms with Crippen LogP contribution in [-0.2, 0) is 4.52 Å². The molecule has 0 N–H and O–H groups in total. The van der Waals surface area contributed by atoms with E-state index in [9.17, 15) is 0 Å². The molecule has 0 saturated carbocycles. The van der Waals surface area contributed by atoms with Gasteiger partial charge in [-0.1, -0.05) is 0 Å². The standard InChI is InChI=1S/C3H5AsNOP/c4-7-5-2-1-3-6-7/h1-3H,4H2. The predicted octanol–water partition coefficient (Wildman–Crippen LogP) is 0.461. The number of rotatable bonds is 0. The van der Waals surface area contributed by atoms with Crippen molar-refractivity contribution in [2.45, 2.75) is 0 Å². The molecule has 2 atom stereocenters. The molecule has 2 nitrogen and oxygen atoms in total. The maximum atomic E-state index is 4.99. The Morgan fingerprint density at radius 3 is 2.86 bits per heavy atom. The summed E-state index contributed by atoms with van der Waals surface area (Å²) in [5.41, 5.74) is 0. The van der Waals surface area contributed by atoms with Crippen molar-refractivity contribution in [2.75, 3.05) is 0 Å². The third-order valence-corrected chi connectivity index (χ3v) is 2.82. The summed E-state index contributed by atoms with van der Waals surface area (Å²) in [5, 5.41) is 0. The first-order chi connectivity index (χ1) is 3.39. The first-order valence-electron chi connectivity index (χ1n) is 1.80. The molecule has 0 aromatic heterocycles. The second-order valence-corrected chi connectivity index (χ2v) is 4.83. The molecule has 4 heteroatoms. The van der Waals surface area contributed by atoms with Crippen molar-refractivity contribution in [3.8, 4) is 0 Å². The average molecular weight is 177 g/mol. The molecule has 1 aliphatic heterocycles. The Hall–Kier alpha value is 0.198. The molecule has 0 fully saturated rings. The Morgan fingerprint density at radius 1 is 1.71 bits per heavy atom. The fraction of sp³-hybridized carbons (Fsp3) is 0. The summed E-state index contributed by atoms with van der Waals surface area (Å²) in [4.78, 5) is 0. The van der Waals surface area contributed by atoms with Crippen molar-refractivity contribution >= 4 is 29.5 Å². The molecule has 0 spiro atoms. The normalized spacial score (nSPS) is 27.3. The van der Waals surface area contributed by atoms with Crippen molar-refractivity contribution < 1.29 is 4.52 Å². The summed E-state index contributed by atoms with van der Waals surface area (Å²) in [6.45, 7) is -0.447. The second kappa shape index (κ2) is 2.49. The van der Waals surface area contributed by atoms with Crippen LogP contribution in [0.1, 0.15) is 0 Å². The summed E-state index contributed by atoms with van der Waals surface area (Å²) >= 11 is 1.54. The molecule has 7 heavy (non-hydrogen) atoms. The van der Waals surface area contributed by atoms with E-state index in [1.165, 1.54) is 0 Å². The zero-order valence-electron chi connectivity index (χ0n) is 3.61. The Labute approximate surface area is 51.6 Å². The van der Waals surface area contributed by atoms with E-state index in [1.807, 2.05) is 0 Å². The molecule has 0 aromatic rings. The van der Waals surface area contributed by atoms with Gasteiger partial charge >= 0.3 is 51.1 Å². The van der Waals surface area contributed by atoms with E-state index < -0.39 is 6.86 Å². The van der Waals surface area contributed by atoms with E-state index in [2.05, 4.69) is 4.76 Å². The molecule has 1 heterocycles. The molecule has 0 aromatic carbocycles. The van der Waals surface area contributed by atoms with Crippen LogP contribution < -0.4 is 0 Å². The van der Waals surface area contributed by atoms with E-state index >= 15 is 0 Å². The number of hydrogen-bond donors (Lipinski definition) is 0. The van der Waals surface area contributed by atoms with Gasteiger partial charge in [0.05, 0.1) is 0 Å². The molecule has 0 bridgehead atoms. The van der Waals surface area contributed by atoms with Crippen LogP contribution in [-0.4, -0.2) is 22.6 Å². The first kappa shape index (κ1) is 5.34. The van der Waals surface area contributed by atoms with Crippen LogP contribution in [0.2, 0.25) is 0 Å². The average Bonchev–Trinajstić information content (AvgIpc) is 1.69. The SMILES string of the molecule is [AsH2]P1N=CC=CO1. The second-order valence-electron chi connectivity index (χ2n) is 1.00. The summed E-state index contributed by atoms with van der Waals surface area (Å²) in [7, 11) is 0. The third-order valence-electron chi connectivity index (χ3n) is 0.514. The zero-order valence-corrected chi connectivity index (χ0v) is 6.93. The summed E-state index contributed by atoms with van der Waals surface area (Å²) < 4.78 is 8.98. The van der Waals surface area contributed by atoms with Gasteiger partial charge in [-0.2, -0.15) is 0 Å². The number of hydrogen-bond acceptors (Lipinski definition) is 2. The predicted molar refractivity (Wildman–Crippen MR) is 34.2 cm³/mol. The molecule has 38 valence electrons. The van der Waals surface area contributed by atoms with Gasteiger partial charge in [0.15, 0.2) is 0 Å². The zero-order chi connectivity index (χ0) is 5.11. The van der Waals surface area contributed by atoms with Crippen molar-refractivity contribution in [3.63, 3.8) is 0 Å². The number of nitrogens with zero attached hydrogens (tertiary/aromatic N) is 1. The summed E-state index contributed by atoms with van der Waals surface area (Å²) in [5.74, 6) is 0. The van der Waals surface area contributed by atoms with Crippen LogP contribution in [0.5, 0.6) is 0 Å². The monoisotopic (exact) mass is 177 g/mol. The molecule has 0 saturated heterocycles. The van der Waals surface area contributed by atoms with Crippen LogP contribution in [0.4, 0.5) is 0 Å². The minimum absolute atomic E-state index is 0.447. The molecule has 0 radical (unpaired) electrons. The van der Waals surface area contributed by atoms with Crippen LogP contribution in [0, 0.1) is 0 Å². The van der Waals surface area contributed by atoms with Gasteiger partial charge in [0, 0.05) is 0 Å². The topological polar surface area (TPSA) is 21.6 Å². The first-order valence-corrected chi connectivity index (χ1v) is 6.33. The third kappa shape index (κ3) is 1.63. The van der Waals surface area contributed by atoms with Gasteiger partial charge < -0.3 is 0 Å². The van der Waals surface area contributed by atoms with Gasteiger partial charge in [-0.3, -0.25) is 0 Å². The van der Waals surface area contributed by atoms with E-state index in [-0.39, 0.29) is 0 Å². The fourth-order valence-electron chi connectivity index (χ4n) is 0.264. The van der Waals surface area contributed by atoms with Gasteiger partial charge in [-0.25, -0.2) is 0 Å². The summed E-state index contributed by atoms with van der Waals surface area (Å²) in [6, 6.07) is 0. The minimum atomic E-state index is -0.447. The van der Waals surface area contributed by atoms with Crippen LogP contribution in [0.3, 0.4) is 0 Å². The van der Waals surface area contributed by atoms with Gasteiger partial charge in [-0.05, 0) is 0 Å². The van der Waals surface area contributed by atoms with Gasteiger partial charge in [0.1, 0.15) is 0 Å². The van der Waals surface area contributed by atoms with Crippen molar-refractivity contribution in [2.24, 2.45) is 4.76 Å². The van der Waals surface area contributed by atoms with Crippen molar-refractivity contribution in [1.82, 2.24) is 0 Å². The van der Waals surface area contributed by atoms with E-state index in [0.29, 0.717) is 0 Å². The Kier molecular flexibility index (Phi) is 1.90. The molecular formula is C3H5AsNOP. The van der Waals surface area contributed by atoms with Crippen LogP contribution >= 0.6 is 6.86 Å². The molecule has 1 rings (SSSR count). The van der Waals surface area contributed by atoms with Crippen molar-refractivity contribution in [3.05, 3.63) is 12.3 Å².